The second kappa shape index (κ2) is 10.8. The number of nitrogens with one attached hydrogen (secondary N) is 2. The number of halogens is 2. The van der Waals surface area contributed by atoms with Gasteiger partial charge in [-0.05, 0) is 58.0 Å². The predicted octanol–water partition coefficient (Wildman–Crippen LogP) is 3.95. The number of hydrogen-bond donors (Lipinski definition) is 2. The lowest BCUT2D eigenvalue weighted by Gasteiger charge is -2.30. The molecule has 2 N–H and O–H groups in total. The Bertz CT molecular complexity index is 1180. The van der Waals surface area contributed by atoms with Crippen molar-refractivity contribution in [1.29, 1.82) is 0 Å². The van der Waals surface area contributed by atoms with Crippen LogP contribution in [0, 0.1) is 5.82 Å². The van der Waals surface area contributed by atoms with Crippen LogP contribution in [0.25, 0.3) is 0 Å². The van der Waals surface area contributed by atoms with Crippen LogP contribution in [0.3, 0.4) is 0 Å². The van der Waals surface area contributed by atoms with Gasteiger partial charge in [-0.1, -0.05) is 24.4 Å². The van der Waals surface area contributed by atoms with Crippen molar-refractivity contribution in [3.05, 3.63) is 34.7 Å². The lowest BCUT2D eigenvalue weighted by Crippen LogP contribution is -2.43. The van der Waals surface area contributed by atoms with E-state index in [0.29, 0.717) is 30.5 Å². The van der Waals surface area contributed by atoms with Gasteiger partial charge in [-0.2, -0.15) is 4.98 Å². The quantitative estimate of drug-likeness (QED) is 0.605. The molecule has 3 aliphatic rings. The number of aromatic nitrogens is 2. The lowest BCUT2D eigenvalue weighted by atomic mass is 10.0. The number of anilines is 4. The molecule has 0 unspecified atom stereocenters. The summed E-state index contributed by atoms with van der Waals surface area (Å²) in [7, 11) is 3.78. The first-order valence-corrected chi connectivity index (χ1v) is 13.3. The van der Waals surface area contributed by atoms with Crippen LogP contribution in [-0.4, -0.2) is 72.5 Å². The summed E-state index contributed by atoms with van der Waals surface area (Å²) in [6.07, 6.45) is 8.10. The highest BCUT2D eigenvalue weighted by molar-refractivity contribution is 6.33. The van der Waals surface area contributed by atoms with Crippen LogP contribution in [0.1, 0.15) is 55.3 Å². The molecule has 5 rings (SSSR count). The summed E-state index contributed by atoms with van der Waals surface area (Å²) in [5.74, 6) is -0.199. The minimum atomic E-state index is -0.676. The molecule has 3 heterocycles. The van der Waals surface area contributed by atoms with Gasteiger partial charge >= 0.3 is 0 Å². The van der Waals surface area contributed by atoms with E-state index in [0.717, 1.165) is 51.6 Å². The van der Waals surface area contributed by atoms with Gasteiger partial charge < -0.3 is 25.3 Å². The molecule has 11 heteroatoms. The second-order valence-corrected chi connectivity index (χ2v) is 10.6. The van der Waals surface area contributed by atoms with Crippen molar-refractivity contribution >= 4 is 46.6 Å². The largest absolute Gasteiger partial charge is 0.351 e. The summed E-state index contributed by atoms with van der Waals surface area (Å²) in [4.78, 5) is 40.4. The number of likely N-dealkylation sites (tertiary alicyclic amines) is 1. The fraction of sp³-hybridized carbons (Fsp3) is 0.538. The minimum Gasteiger partial charge on any atom is -0.351 e. The SMILES string of the molecule is CN1CCC(NC(=O)c2cc(Cl)c(Nc3ncc4c(n3)N(C3CCCC3)CCC(=O)N4C)cc2F)CC1. The summed E-state index contributed by atoms with van der Waals surface area (Å²) in [6, 6.07) is 2.87. The van der Waals surface area contributed by atoms with Gasteiger partial charge in [0.15, 0.2) is 5.82 Å². The standard InChI is InChI=1S/C26H33ClFN7O2/c1-33-10-7-16(8-11-33)30-25(37)18-13-19(27)21(14-20(18)28)31-26-29-15-22-24(32-26)35(17-5-3-4-6-17)12-9-23(36)34(22)2/h13-17H,3-12H2,1-2H3,(H,30,37)(H,29,31,32). The summed E-state index contributed by atoms with van der Waals surface area (Å²) < 4.78 is 15.0. The summed E-state index contributed by atoms with van der Waals surface area (Å²) in [5.41, 5.74) is 0.823. The number of fused-ring (bicyclic) bond motifs is 1. The maximum Gasteiger partial charge on any atom is 0.254 e. The molecule has 0 atom stereocenters. The normalized spacial score (nSPS) is 19.6. The molecule has 1 aliphatic carbocycles. The molecule has 1 saturated heterocycles. The Kier molecular flexibility index (Phi) is 7.48. The highest BCUT2D eigenvalue weighted by Gasteiger charge is 2.32. The highest BCUT2D eigenvalue weighted by Crippen LogP contribution is 2.37. The Labute approximate surface area is 221 Å². The summed E-state index contributed by atoms with van der Waals surface area (Å²) in [6.45, 7) is 2.37. The molecule has 2 fully saturated rings. The number of nitrogens with zero attached hydrogens (tertiary/aromatic N) is 5. The molecule has 1 saturated carbocycles. The van der Waals surface area contributed by atoms with Gasteiger partial charge in [-0.25, -0.2) is 9.37 Å². The van der Waals surface area contributed by atoms with Crippen LogP contribution in [0.15, 0.2) is 18.3 Å². The van der Waals surface area contributed by atoms with Gasteiger partial charge in [0, 0.05) is 32.1 Å². The molecule has 0 spiro atoms. The zero-order valence-electron chi connectivity index (χ0n) is 21.3. The first kappa shape index (κ1) is 25.7. The van der Waals surface area contributed by atoms with E-state index in [1.165, 1.54) is 12.1 Å². The predicted molar refractivity (Wildman–Crippen MR) is 142 cm³/mol. The number of benzene rings is 1. The second-order valence-electron chi connectivity index (χ2n) is 10.2. The number of rotatable bonds is 5. The van der Waals surface area contributed by atoms with Gasteiger partial charge in [0.1, 0.15) is 11.5 Å². The van der Waals surface area contributed by atoms with E-state index in [-0.39, 0.29) is 34.2 Å². The van der Waals surface area contributed by atoms with Crippen molar-refractivity contribution in [1.82, 2.24) is 20.2 Å². The molecule has 2 aliphatic heterocycles. The number of carbonyl (C=O) groups is 2. The smallest absolute Gasteiger partial charge is 0.254 e. The number of amides is 2. The fourth-order valence-corrected chi connectivity index (χ4v) is 5.63. The van der Waals surface area contributed by atoms with Gasteiger partial charge in [-0.3, -0.25) is 9.59 Å². The third kappa shape index (κ3) is 5.50. The van der Waals surface area contributed by atoms with E-state index in [1.807, 2.05) is 7.05 Å². The Morgan fingerprint density at radius 3 is 2.57 bits per heavy atom. The van der Waals surface area contributed by atoms with Crippen molar-refractivity contribution < 1.29 is 14.0 Å². The Morgan fingerprint density at radius 1 is 1.11 bits per heavy atom. The van der Waals surface area contributed by atoms with E-state index in [9.17, 15) is 9.59 Å². The molecule has 2 amide bonds. The first-order chi connectivity index (χ1) is 17.8. The molecular formula is C26H33ClFN7O2. The molecule has 1 aromatic heterocycles. The maximum atomic E-state index is 15.0. The summed E-state index contributed by atoms with van der Waals surface area (Å²) >= 11 is 6.47. The zero-order chi connectivity index (χ0) is 26.1. The molecule has 37 heavy (non-hydrogen) atoms. The molecule has 9 nitrogen and oxygen atoms in total. The Morgan fingerprint density at radius 2 is 1.84 bits per heavy atom. The first-order valence-electron chi connectivity index (χ1n) is 13.0. The van der Waals surface area contributed by atoms with Gasteiger partial charge in [0.25, 0.3) is 5.91 Å². The van der Waals surface area contributed by atoms with Crippen molar-refractivity contribution in [2.45, 2.75) is 57.0 Å². The van der Waals surface area contributed by atoms with Crippen LogP contribution in [0.2, 0.25) is 5.02 Å². The number of carbonyl (C=O) groups excluding carboxylic acids is 2. The van der Waals surface area contributed by atoms with Crippen LogP contribution in [0.4, 0.5) is 27.5 Å². The molecule has 0 bridgehead atoms. The van der Waals surface area contributed by atoms with Gasteiger partial charge in [0.2, 0.25) is 11.9 Å². The average molecular weight is 530 g/mol. The monoisotopic (exact) mass is 529 g/mol. The molecule has 0 radical (unpaired) electrons. The molecule has 198 valence electrons. The minimum absolute atomic E-state index is 0.0143. The van der Waals surface area contributed by atoms with E-state index < -0.39 is 11.7 Å². The lowest BCUT2D eigenvalue weighted by molar-refractivity contribution is -0.118. The van der Waals surface area contributed by atoms with E-state index in [4.69, 9.17) is 16.6 Å². The third-order valence-corrected chi connectivity index (χ3v) is 8.00. The van der Waals surface area contributed by atoms with Gasteiger partial charge in [0.05, 0.1) is 22.5 Å². The average Bonchev–Trinajstić information content (AvgIpc) is 3.38. The zero-order valence-corrected chi connectivity index (χ0v) is 22.0. The van der Waals surface area contributed by atoms with E-state index >= 15 is 4.39 Å². The Balaban J connectivity index is 1.37. The van der Waals surface area contributed by atoms with E-state index in [2.05, 4.69) is 25.4 Å². The van der Waals surface area contributed by atoms with Crippen molar-refractivity contribution in [2.75, 3.05) is 48.8 Å². The van der Waals surface area contributed by atoms with Crippen LogP contribution in [-0.2, 0) is 4.79 Å². The Hall–Kier alpha value is -2.98. The topological polar surface area (TPSA) is 93.7 Å². The van der Waals surface area contributed by atoms with Crippen molar-refractivity contribution in [3.8, 4) is 0 Å². The van der Waals surface area contributed by atoms with Crippen molar-refractivity contribution in [2.24, 2.45) is 0 Å². The highest BCUT2D eigenvalue weighted by atomic mass is 35.5. The number of hydrogen-bond acceptors (Lipinski definition) is 7. The molecule has 1 aromatic carbocycles. The van der Waals surface area contributed by atoms with Crippen LogP contribution in [0.5, 0.6) is 0 Å². The number of piperidine rings is 1. The van der Waals surface area contributed by atoms with Crippen molar-refractivity contribution in [3.63, 3.8) is 0 Å². The van der Waals surface area contributed by atoms with E-state index in [1.54, 1.807) is 18.1 Å². The van der Waals surface area contributed by atoms with Crippen LogP contribution < -0.4 is 20.4 Å². The van der Waals surface area contributed by atoms with Gasteiger partial charge in [-0.15, -0.1) is 0 Å². The molecule has 2 aromatic rings. The maximum absolute atomic E-state index is 15.0. The summed E-state index contributed by atoms with van der Waals surface area (Å²) in [5, 5.41) is 6.13. The fourth-order valence-electron chi connectivity index (χ4n) is 5.42. The molecular weight excluding hydrogens is 497 g/mol. The van der Waals surface area contributed by atoms with Crippen LogP contribution >= 0.6 is 11.6 Å². The third-order valence-electron chi connectivity index (χ3n) is 7.69.